The number of amides is 1. The van der Waals surface area contributed by atoms with Gasteiger partial charge in [-0.2, -0.15) is 10.1 Å². The van der Waals surface area contributed by atoms with Crippen LogP contribution in [0.4, 0.5) is 0 Å². The van der Waals surface area contributed by atoms with E-state index in [9.17, 15) is 4.79 Å². The number of nitrogens with zero attached hydrogens (tertiary/aromatic N) is 5. The molecule has 0 unspecified atom stereocenters. The first-order valence-electron chi connectivity index (χ1n) is 7.78. The highest BCUT2D eigenvalue weighted by Gasteiger charge is 2.17. The van der Waals surface area contributed by atoms with Crippen molar-refractivity contribution in [3.05, 3.63) is 50.2 Å². The summed E-state index contributed by atoms with van der Waals surface area (Å²) in [6.45, 7) is 6.71. The Morgan fingerprint density at radius 3 is 2.68 bits per heavy atom. The second-order valence-corrected chi connectivity index (χ2v) is 6.94. The fraction of sp³-hybridized carbons (Fsp3) is 0.375. The molecule has 132 valence electrons. The molecular formula is C16H19IN6O2. The highest BCUT2D eigenvalue weighted by molar-refractivity contribution is 14.1. The lowest BCUT2D eigenvalue weighted by Crippen LogP contribution is -2.24. The predicted molar refractivity (Wildman–Crippen MR) is 99.1 cm³/mol. The van der Waals surface area contributed by atoms with Crippen LogP contribution in [0.25, 0.3) is 0 Å². The summed E-state index contributed by atoms with van der Waals surface area (Å²) in [4.78, 5) is 16.4. The number of nitrogens with one attached hydrogen (secondary N) is 1. The zero-order chi connectivity index (χ0) is 18.1. The van der Waals surface area contributed by atoms with Gasteiger partial charge in [-0.05, 0) is 55.5 Å². The Hall–Kier alpha value is -2.17. The smallest absolute Gasteiger partial charge is 0.316 e. The third-order valence-electron chi connectivity index (χ3n) is 4.15. The van der Waals surface area contributed by atoms with Gasteiger partial charge < -0.3 is 14.4 Å². The Balaban J connectivity index is 1.65. The third-order valence-corrected chi connectivity index (χ3v) is 5.71. The summed E-state index contributed by atoms with van der Waals surface area (Å²) in [5.74, 6) is -0.0143. The highest BCUT2D eigenvalue weighted by atomic mass is 127. The molecule has 0 saturated carbocycles. The Kier molecular flexibility index (Phi) is 4.93. The maximum Gasteiger partial charge on any atom is 0.316 e. The van der Waals surface area contributed by atoms with Gasteiger partial charge in [-0.15, -0.1) is 0 Å². The van der Waals surface area contributed by atoms with E-state index >= 15 is 0 Å². The van der Waals surface area contributed by atoms with E-state index in [0.717, 1.165) is 26.3 Å². The van der Waals surface area contributed by atoms with Gasteiger partial charge in [0.1, 0.15) is 6.54 Å². The molecule has 0 aliphatic heterocycles. The van der Waals surface area contributed by atoms with Gasteiger partial charge in [-0.25, -0.2) is 0 Å². The Morgan fingerprint density at radius 1 is 1.32 bits per heavy atom. The van der Waals surface area contributed by atoms with Gasteiger partial charge in [-0.1, -0.05) is 5.16 Å². The Labute approximate surface area is 158 Å². The molecule has 3 heterocycles. The topological polar surface area (TPSA) is 90.8 Å². The number of carbonyl (C=O) groups excluding carboxylic acids is 1. The lowest BCUT2D eigenvalue weighted by atomic mass is 10.4. The van der Waals surface area contributed by atoms with Crippen molar-refractivity contribution >= 4 is 28.5 Å². The summed E-state index contributed by atoms with van der Waals surface area (Å²) in [7, 11) is 1.96. The van der Waals surface area contributed by atoms with Gasteiger partial charge in [0.2, 0.25) is 0 Å². The number of halogens is 1. The minimum atomic E-state index is -0.388. The fourth-order valence-electron chi connectivity index (χ4n) is 2.46. The molecule has 1 amide bonds. The van der Waals surface area contributed by atoms with Gasteiger partial charge in [0.25, 0.3) is 0 Å². The summed E-state index contributed by atoms with van der Waals surface area (Å²) in [5.41, 5.74) is 4.12. The van der Waals surface area contributed by atoms with Gasteiger partial charge in [0.05, 0.1) is 15.8 Å². The van der Waals surface area contributed by atoms with E-state index in [0.29, 0.717) is 18.9 Å². The lowest BCUT2D eigenvalue weighted by molar-refractivity contribution is 0.0906. The van der Waals surface area contributed by atoms with E-state index in [4.69, 9.17) is 4.52 Å². The number of aromatic nitrogens is 5. The van der Waals surface area contributed by atoms with E-state index in [2.05, 4.69) is 43.1 Å². The minimum Gasteiger partial charge on any atom is -0.350 e. The van der Waals surface area contributed by atoms with Crippen LogP contribution in [0, 0.1) is 24.3 Å². The average molecular weight is 454 g/mol. The first kappa shape index (κ1) is 17.6. The summed E-state index contributed by atoms with van der Waals surface area (Å²) in [6.07, 6.45) is 0. The van der Waals surface area contributed by atoms with Crippen molar-refractivity contribution in [2.24, 2.45) is 7.05 Å². The zero-order valence-electron chi connectivity index (χ0n) is 14.5. The molecule has 3 aromatic rings. The number of aryl methyl sites for hydroxylation is 2. The third kappa shape index (κ3) is 3.60. The molecule has 3 rings (SSSR count). The lowest BCUT2D eigenvalue weighted by Gasteiger charge is -2.05. The number of hydrogen-bond acceptors (Lipinski definition) is 5. The molecule has 25 heavy (non-hydrogen) atoms. The van der Waals surface area contributed by atoms with Gasteiger partial charge in [0, 0.05) is 24.1 Å². The Morgan fingerprint density at radius 2 is 2.08 bits per heavy atom. The standard InChI is InChI=1S/C16H19IN6O2/c1-9-5-6-12(22(9)4)7-18-15(24)16-19-13(21-25-16)8-23-11(3)14(17)10(2)20-23/h5-6H,7-8H2,1-4H3,(H,18,24). The van der Waals surface area contributed by atoms with Crippen molar-refractivity contribution in [3.8, 4) is 0 Å². The average Bonchev–Trinajstić information content (AvgIpc) is 3.24. The van der Waals surface area contributed by atoms with Crippen LogP contribution in [0.15, 0.2) is 16.7 Å². The largest absolute Gasteiger partial charge is 0.350 e. The van der Waals surface area contributed by atoms with Crippen LogP contribution in [-0.2, 0) is 20.1 Å². The molecule has 0 saturated heterocycles. The molecule has 8 nitrogen and oxygen atoms in total. The van der Waals surface area contributed by atoms with Crippen molar-refractivity contribution in [1.29, 1.82) is 0 Å². The van der Waals surface area contributed by atoms with Crippen LogP contribution in [0.1, 0.15) is 39.3 Å². The van der Waals surface area contributed by atoms with Gasteiger partial charge >= 0.3 is 11.8 Å². The maximum atomic E-state index is 12.2. The predicted octanol–water partition coefficient (Wildman–Crippen LogP) is 2.11. The molecular weight excluding hydrogens is 435 g/mol. The van der Waals surface area contributed by atoms with Crippen molar-refractivity contribution < 1.29 is 9.32 Å². The van der Waals surface area contributed by atoms with Crippen molar-refractivity contribution in [2.75, 3.05) is 0 Å². The number of hydrogen-bond donors (Lipinski definition) is 1. The number of rotatable bonds is 5. The van der Waals surface area contributed by atoms with Crippen LogP contribution in [0.5, 0.6) is 0 Å². The Bertz CT molecular complexity index is 923. The highest BCUT2D eigenvalue weighted by Crippen LogP contribution is 2.16. The van der Waals surface area contributed by atoms with Crippen molar-refractivity contribution in [1.82, 2.24) is 29.8 Å². The van der Waals surface area contributed by atoms with Crippen molar-refractivity contribution in [3.63, 3.8) is 0 Å². The van der Waals surface area contributed by atoms with Crippen molar-refractivity contribution in [2.45, 2.75) is 33.9 Å². The molecule has 0 aromatic carbocycles. The van der Waals surface area contributed by atoms with E-state index in [1.165, 1.54) is 0 Å². The van der Waals surface area contributed by atoms with Crippen LogP contribution in [-0.4, -0.2) is 30.4 Å². The molecule has 0 fully saturated rings. The SMILES string of the molecule is Cc1nn(Cc2noc(C(=O)NCc3ccc(C)n3C)n2)c(C)c1I. The molecule has 0 bridgehead atoms. The van der Waals surface area contributed by atoms with E-state index in [-0.39, 0.29) is 11.8 Å². The van der Waals surface area contributed by atoms with E-state index in [1.807, 2.05) is 44.5 Å². The molecule has 0 spiro atoms. The molecule has 0 aliphatic carbocycles. The second kappa shape index (κ2) is 6.98. The first-order valence-corrected chi connectivity index (χ1v) is 8.86. The van der Waals surface area contributed by atoms with Crippen LogP contribution >= 0.6 is 22.6 Å². The molecule has 9 heteroatoms. The molecule has 0 aliphatic rings. The quantitative estimate of drug-likeness (QED) is 0.597. The van der Waals surface area contributed by atoms with Crippen LogP contribution in [0.2, 0.25) is 0 Å². The van der Waals surface area contributed by atoms with Gasteiger partial charge in [-0.3, -0.25) is 9.48 Å². The van der Waals surface area contributed by atoms with Crippen LogP contribution in [0.3, 0.4) is 0 Å². The summed E-state index contributed by atoms with van der Waals surface area (Å²) < 4.78 is 10.0. The number of carbonyl (C=O) groups is 1. The van der Waals surface area contributed by atoms with E-state index < -0.39 is 0 Å². The van der Waals surface area contributed by atoms with Gasteiger partial charge in [0.15, 0.2) is 5.82 Å². The summed E-state index contributed by atoms with van der Waals surface area (Å²) >= 11 is 2.26. The fourth-order valence-corrected chi connectivity index (χ4v) is 2.85. The second-order valence-electron chi connectivity index (χ2n) is 5.87. The zero-order valence-corrected chi connectivity index (χ0v) is 16.7. The van der Waals surface area contributed by atoms with E-state index in [1.54, 1.807) is 4.68 Å². The molecule has 1 N–H and O–H groups in total. The molecule has 3 aromatic heterocycles. The molecule has 0 atom stereocenters. The summed E-state index contributed by atoms with van der Waals surface area (Å²) in [6, 6.07) is 3.97. The monoisotopic (exact) mass is 454 g/mol. The van der Waals surface area contributed by atoms with Crippen LogP contribution < -0.4 is 5.32 Å². The minimum absolute atomic E-state index is 0.0443. The normalized spacial score (nSPS) is 11.1. The summed E-state index contributed by atoms with van der Waals surface area (Å²) in [5, 5.41) is 11.1. The molecule has 0 radical (unpaired) electrons. The maximum absolute atomic E-state index is 12.2. The first-order chi connectivity index (χ1) is 11.9.